The van der Waals surface area contributed by atoms with Crippen molar-refractivity contribution in [3.63, 3.8) is 0 Å². The van der Waals surface area contributed by atoms with Gasteiger partial charge in [0.25, 0.3) is 0 Å². The molecule has 1 unspecified atom stereocenters. The van der Waals surface area contributed by atoms with Crippen molar-refractivity contribution in [2.24, 2.45) is 5.73 Å². The molecule has 2 saturated heterocycles. The molecule has 2 fully saturated rings. The van der Waals surface area contributed by atoms with Crippen molar-refractivity contribution in [2.45, 2.75) is 117 Å². The third kappa shape index (κ3) is 5.39. The van der Waals surface area contributed by atoms with Crippen LogP contribution >= 0.6 is 0 Å². The summed E-state index contributed by atoms with van der Waals surface area (Å²) in [7, 11) is -1.15. The van der Waals surface area contributed by atoms with Gasteiger partial charge in [0.05, 0.1) is 22.4 Å². The average Bonchev–Trinajstić information content (AvgIpc) is 3.00. The van der Waals surface area contributed by atoms with Gasteiger partial charge in [0.2, 0.25) is 0 Å². The van der Waals surface area contributed by atoms with Crippen LogP contribution in [0.2, 0.25) is 0 Å². The molecule has 2 N–H and O–H groups in total. The predicted molar refractivity (Wildman–Crippen MR) is 135 cm³/mol. The number of ether oxygens (including phenoxy) is 1. The molecule has 0 spiro atoms. The molecule has 1 aromatic carbocycles. The summed E-state index contributed by atoms with van der Waals surface area (Å²) in [6, 6.07) is 5.07. The molecule has 0 amide bonds. The molecular formula is C25H41B2NO6. The van der Waals surface area contributed by atoms with Crippen LogP contribution in [0.15, 0.2) is 18.2 Å². The summed E-state index contributed by atoms with van der Waals surface area (Å²) in [4.78, 5) is 12.6. The Morgan fingerprint density at radius 3 is 1.76 bits per heavy atom. The second kappa shape index (κ2) is 8.63. The first-order chi connectivity index (χ1) is 15.2. The summed E-state index contributed by atoms with van der Waals surface area (Å²) in [5.41, 5.74) is 6.24. The Morgan fingerprint density at radius 1 is 0.882 bits per heavy atom. The molecule has 3 rings (SSSR count). The summed E-state index contributed by atoms with van der Waals surface area (Å²) in [5, 5.41) is 0. The number of nitrogens with two attached hydrogens (primary N) is 1. The lowest BCUT2D eigenvalue weighted by molar-refractivity contribution is -0.156. The molecule has 0 bridgehead atoms. The molecule has 1 atom stereocenters. The van der Waals surface area contributed by atoms with E-state index in [1.54, 1.807) is 0 Å². The summed E-state index contributed by atoms with van der Waals surface area (Å²) < 4.78 is 30.7. The highest BCUT2D eigenvalue weighted by molar-refractivity contribution is 6.66. The highest BCUT2D eigenvalue weighted by Gasteiger charge is 2.54. The minimum absolute atomic E-state index is 0.290. The number of rotatable bonds is 5. The number of carbonyl (C=O) groups excluding carboxylic acids is 1. The Balaban J connectivity index is 1.96. The Hall–Kier alpha value is -1.38. The van der Waals surface area contributed by atoms with Crippen molar-refractivity contribution < 1.29 is 28.1 Å². The Labute approximate surface area is 205 Å². The van der Waals surface area contributed by atoms with Crippen LogP contribution in [0, 0.1) is 0 Å². The molecule has 2 aliphatic rings. The molecule has 9 heteroatoms. The maximum absolute atomic E-state index is 12.6. The van der Waals surface area contributed by atoms with Crippen molar-refractivity contribution in [3.8, 4) is 0 Å². The molecule has 7 nitrogen and oxygen atoms in total. The van der Waals surface area contributed by atoms with Gasteiger partial charge in [-0.15, -0.1) is 0 Å². The van der Waals surface area contributed by atoms with Crippen molar-refractivity contribution >= 4 is 31.1 Å². The van der Waals surface area contributed by atoms with Gasteiger partial charge in [-0.2, -0.15) is 0 Å². The summed E-state index contributed by atoms with van der Waals surface area (Å²) in [6.45, 7) is 21.6. The van der Waals surface area contributed by atoms with Gasteiger partial charge in [0.1, 0.15) is 11.6 Å². The fraction of sp³-hybridized carbons (Fsp3) is 0.720. The van der Waals surface area contributed by atoms with Crippen LogP contribution in [0.3, 0.4) is 0 Å². The van der Waals surface area contributed by atoms with Gasteiger partial charge in [0, 0.05) is 0 Å². The molecule has 0 aromatic heterocycles. The normalized spacial score (nSPS) is 23.8. The molecule has 0 saturated carbocycles. The van der Waals surface area contributed by atoms with Gasteiger partial charge in [0.15, 0.2) is 0 Å². The highest BCUT2D eigenvalue weighted by Crippen LogP contribution is 2.38. The monoisotopic (exact) mass is 473 g/mol. The minimum atomic E-state index is -0.817. The summed E-state index contributed by atoms with van der Waals surface area (Å²) in [5.74, 6) is -0.442. The van der Waals surface area contributed by atoms with Gasteiger partial charge in [-0.3, -0.25) is 4.79 Å². The van der Waals surface area contributed by atoms with Crippen LogP contribution in [-0.4, -0.2) is 54.3 Å². The first-order valence-corrected chi connectivity index (χ1v) is 12.1. The van der Waals surface area contributed by atoms with E-state index in [9.17, 15) is 4.79 Å². The zero-order chi connectivity index (χ0) is 25.9. The van der Waals surface area contributed by atoms with E-state index in [2.05, 4.69) is 0 Å². The molecule has 2 heterocycles. The molecular weight excluding hydrogens is 432 g/mol. The van der Waals surface area contributed by atoms with Gasteiger partial charge < -0.3 is 29.1 Å². The van der Waals surface area contributed by atoms with E-state index in [0.717, 1.165) is 16.5 Å². The van der Waals surface area contributed by atoms with Crippen molar-refractivity contribution in [1.82, 2.24) is 0 Å². The van der Waals surface area contributed by atoms with E-state index in [0.29, 0.717) is 0 Å². The second-order valence-electron chi connectivity index (χ2n) is 12.5. The quantitative estimate of drug-likeness (QED) is 0.520. The van der Waals surface area contributed by atoms with Gasteiger partial charge in [-0.1, -0.05) is 18.2 Å². The number of benzene rings is 1. The number of esters is 1. The number of carbonyl (C=O) groups is 1. The predicted octanol–water partition coefficient (Wildman–Crippen LogP) is 2.50. The molecule has 0 radical (unpaired) electrons. The fourth-order valence-electron chi connectivity index (χ4n) is 3.81. The minimum Gasteiger partial charge on any atom is -0.459 e. The smallest absolute Gasteiger partial charge is 0.459 e. The molecule has 188 valence electrons. The van der Waals surface area contributed by atoms with E-state index >= 15 is 0 Å². The molecule has 0 aliphatic carbocycles. The zero-order valence-electron chi connectivity index (χ0n) is 22.7. The SMILES string of the molecule is CC(C)(C)OC(=O)C(N)Cc1ccc(B2OC(C)(C)C(C)(C)O2)cc1B1OC(C)(C)C(C)(C)O1. The Kier molecular flexibility index (Phi) is 6.90. The topological polar surface area (TPSA) is 89.2 Å². The third-order valence-corrected chi connectivity index (χ3v) is 7.35. The summed E-state index contributed by atoms with van der Waals surface area (Å²) in [6.07, 6.45) is 0.290. The lowest BCUT2D eigenvalue weighted by atomic mass is 9.69. The van der Waals surface area contributed by atoms with E-state index in [4.69, 9.17) is 29.1 Å². The van der Waals surface area contributed by atoms with Crippen LogP contribution in [0.5, 0.6) is 0 Å². The summed E-state index contributed by atoms with van der Waals surface area (Å²) >= 11 is 0. The number of hydrogen-bond donors (Lipinski definition) is 1. The van der Waals surface area contributed by atoms with E-state index in [1.807, 2.05) is 94.4 Å². The third-order valence-electron chi connectivity index (χ3n) is 7.35. The lowest BCUT2D eigenvalue weighted by Crippen LogP contribution is -2.45. The highest BCUT2D eigenvalue weighted by atomic mass is 16.7. The largest absolute Gasteiger partial charge is 0.495 e. The fourth-order valence-corrected chi connectivity index (χ4v) is 3.81. The van der Waals surface area contributed by atoms with E-state index in [1.165, 1.54) is 0 Å². The first-order valence-electron chi connectivity index (χ1n) is 12.1. The Bertz CT molecular complexity index is 906. The van der Waals surface area contributed by atoms with E-state index in [-0.39, 0.29) is 6.42 Å². The maximum Gasteiger partial charge on any atom is 0.495 e. The maximum atomic E-state index is 12.6. The molecule has 1 aromatic rings. The van der Waals surface area contributed by atoms with Crippen LogP contribution < -0.4 is 16.7 Å². The van der Waals surface area contributed by atoms with E-state index < -0.39 is 54.3 Å². The lowest BCUT2D eigenvalue weighted by Gasteiger charge is -2.32. The Morgan fingerprint density at radius 2 is 1.32 bits per heavy atom. The van der Waals surface area contributed by atoms with Crippen LogP contribution in [-0.2, 0) is 34.6 Å². The first kappa shape index (κ1) is 27.2. The molecule has 34 heavy (non-hydrogen) atoms. The van der Waals surface area contributed by atoms with Crippen LogP contribution in [0.4, 0.5) is 0 Å². The van der Waals surface area contributed by atoms with Gasteiger partial charge in [-0.25, -0.2) is 0 Å². The number of hydrogen-bond acceptors (Lipinski definition) is 7. The standard InChI is InChI=1S/C25H41B2NO6/c1-21(2,3)30-20(29)19(28)14-16-12-13-17(26-31-22(4,5)23(6,7)32-26)15-18(16)27-33-24(8,9)25(10,11)34-27/h12-13,15,19H,14,28H2,1-11H3. The van der Waals surface area contributed by atoms with Gasteiger partial charge in [-0.05, 0) is 99.1 Å². The van der Waals surface area contributed by atoms with Crippen LogP contribution in [0.25, 0.3) is 0 Å². The van der Waals surface area contributed by atoms with Crippen molar-refractivity contribution in [2.75, 3.05) is 0 Å². The molecule has 2 aliphatic heterocycles. The van der Waals surface area contributed by atoms with Crippen molar-refractivity contribution in [3.05, 3.63) is 23.8 Å². The average molecular weight is 473 g/mol. The van der Waals surface area contributed by atoms with Crippen molar-refractivity contribution in [1.29, 1.82) is 0 Å². The van der Waals surface area contributed by atoms with Crippen LogP contribution in [0.1, 0.15) is 81.7 Å². The zero-order valence-corrected chi connectivity index (χ0v) is 22.7. The second-order valence-corrected chi connectivity index (χ2v) is 12.5. The van der Waals surface area contributed by atoms with Gasteiger partial charge >= 0.3 is 20.2 Å².